The number of benzene rings is 1. The van der Waals surface area contributed by atoms with E-state index < -0.39 is 0 Å². The van der Waals surface area contributed by atoms with E-state index in [-0.39, 0.29) is 30.9 Å². The molecule has 0 saturated carbocycles. The predicted molar refractivity (Wildman–Crippen MR) is 80.2 cm³/mol. The minimum atomic E-state index is 0. The van der Waals surface area contributed by atoms with Crippen molar-refractivity contribution in [1.29, 1.82) is 0 Å². The van der Waals surface area contributed by atoms with Gasteiger partial charge in [0, 0.05) is 0 Å². The summed E-state index contributed by atoms with van der Waals surface area (Å²) in [4.78, 5) is 0. The van der Waals surface area contributed by atoms with E-state index in [0.29, 0.717) is 0 Å². The summed E-state index contributed by atoms with van der Waals surface area (Å²) >= 11 is 2.23. The van der Waals surface area contributed by atoms with E-state index in [2.05, 4.69) is 69.8 Å². The molecule has 0 N–H and O–H groups in total. The Bertz CT molecular complexity index is 471. The monoisotopic (exact) mass is 373 g/mol. The van der Waals surface area contributed by atoms with Crippen LogP contribution in [0.1, 0.15) is 38.2 Å². The van der Waals surface area contributed by atoms with Gasteiger partial charge in [-0.1, -0.05) is 0 Å². The Hall–Kier alpha value is -0.0457. The van der Waals surface area contributed by atoms with Crippen LogP contribution in [0, 0.1) is 0 Å². The first kappa shape index (κ1) is 22.0. The Balaban J connectivity index is 0.00000220. The van der Waals surface area contributed by atoms with E-state index in [9.17, 15) is 0 Å². The molecule has 0 saturated heterocycles. The number of halogens is 2. The molecule has 1 atom stereocenters. The summed E-state index contributed by atoms with van der Waals surface area (Å²) < 4.78 is 7.62. The van der Waals surface area contributed by atoms with Crippen molar-refractivity contribution in [1.82, 2.24) is 0 Å². The third kappa shape index (κ3) is 7.02. The van der Waals surface area contributed by atoms with Gasteiger partial charge in [-0.2, -0.15) is 0 Å². The van der Waals surface area contributed by atoms with Crippen molar-refractivity contribution in [3.8, 4) is 0 Å². The first-order valence-corrected chi connectivity index (χ1v) is 8.36. The van der Waals surface area contributed by atoms with Crippen LogP contribution in [0.15, 0.2) is 51.9 Å². The molecule has 1 aromatic rings. The minimum absolute atomic E-state index is 0. The molecular weight excluding hydrogens is 351 g/mol. The summed E-state index contributed by atoms with van der Waals surface area (Å²) in [6, 6.07) is 10.7. The summed E-state index contributed by atoms with van der Waals surface area (Å²) in [7, 11) is 0. The molecule has 1 unspecified atom stereocenters. The molecule has 0 spiro atoms. The molecule has 1 nitrogen and oxygen atoms in total. The first-order chi connectivity index (χ1) is 9.81. The van der Waals surface area contributed by atoms with Crippen LogP contribution >= 0.6 is 0 Å². The molecule has 0 heterocycles. The third-order valence-electron chi connectivity index (χ3n) is 3.67. The van der Waals surface area contributed by atoms with Gasteiger partial charge in [-0.05, 0) is 0 Å². The molecular formula is C18H23Cl2OTi. The Labute approximate surface area is 158 Å². The van der Waals surface area contributed by atoms with Crippen molar-refractivity contribution >= 4 is 0 Å². The number of ether oxygens (including phenoxy) is 1. The van der Waals surface area contributed by atoms with Gasteiger partial charge in [-0.3, -0.25) is 0 Å². The van der Waals surface area contributed by atoms with Gasteiger partial charge < -0.3 is 24.8 Å². The maximum Gasteiger partial charge on any atom is -1.00 e. The Morgan fingerprint density at radius 3 is 2.50 bits per heavy atom. The fourth-order valence-corrected chi connectivity index (χ4v) is 3.03. The minimum Gasteiger partial charge on any atom is -1.00 e. The fraction of sp³-hybridized carbons (Fsp3) is 0.444. The average Bonchev–Trinajstić information content (AvgIpc) is 2.90. The Morgan fingerprint density at radius 2 is 1.91 bits per heavy atom. The topological polar surface area (TPSA) is 9.23 Å². The fourth-order valence-electron chi connectivity index (χ4n) is 2.46. The van der Waals surface area contributed by atoms with E-state index >= 15 is 0 Å². The molecule has 0 aromatic heterocycles. The van der Waals surface area contributed by atoms with Gasteiger partial charge in [0.05, 0.1) is 0 Å². The average molecular weight is 374 g/mol. The van der Waals surface area contributed by atoms with E-state index in [0.717, 1.165) is 32.3 Å². The molecule has 0 amide bonds. The number of unbranched alkanes of at least 4 members (excludes halogenated alkanes) is 1. The SMILES string of the molecule is CCCCOC(CCc1ccccc1)C1=[C]([Ti+2])CC=C1.[Cl-].[Cl-]. The molecule has 1 aliphatic rings. The van der Waals surface area contributed by atoms with Crippen LogP contribution in [0.25, 0.3) is 0 Å². The van der Waals surface area contributed by atoms with Gasteiger partial charge in [0.2, 0.25) is 0 Å². The first-order valence-electron chi connectivity index (χ1n) is 7.58. The summed E-state index contributed by atoms with van der Waals surface area (Å²) in [5.41, 5.74) is 2.81. The van der Waals surface area contributed by atoms with E-state index in [1.54, 1.807) is 0 Å². The largest absolute Gasteiger partial charge is 1.00 e. The molecule has 0 fully saturated rings. The number of hydrogen-bond acceptors (Lipinski definition) is 1. The molecule has 119 valence electrons. The zero-order chi connectivity index (χ0) is 14.2. The summed E-state index contributed by atoms with van der Waals surface area (Å²) in [5.74, 6) is 0. The van der Waals surface area contributed by atoms with Crippen LogP contribution in [-0.2, 0) is 31.6 Å². The molecule has 4 heteroatoms. The van der Waals surface area contributed by atoms with Crippen molar-refractivity contribution in [2.45, 2.75) is 45.1 Å². The summed E-state index contributed by atoms with van der Waals surface area (Å²) in [6.45, 7) is 3.09. The molecule has 22 heavy (non-hydrogen) atoms. The maximum atomic E-state index is 6.15. The standard InChI is InChI=1S/C18H23O.2ClH.Ti/c1-2-3-15-19-18(17-11-7-8-12-17)14-13-16-9-5-4-6-10-16;;;/h4-7,9-11,18H,2-3,8,13-15H2,1H3;2*1H;/q;;;+2/p-2. The van der Waals surface area contributed by atoms with Gasteiger partial charge in [-0.25, -0.2) is 0 Å². The van der Waals surface area contributed by atoms with Crippen LogP contribution in [0.4, 0.5) is 0 Å². The second-order valence-corrected chi connectivity index (χ2v) is 6.22. The van der Waals surface area contributed by atoms with Crippen LogP contribution in [0.3, 0.4) is 0 Å². The van der Waals surface area contributed by atoms with Gasteiger partial charge in [0.1, 0.15) is 0 Å². The molecule has 2 rings (SSSR count). The second kappa shape index (κ2) is 12.4. The van der Waals surface area contributed by atoms with Gasteiger partial charge in [-0.15, -0.1) is 0 Å². The van der Waals surface area contributed by atoms with E-state index in [1.807, 2.05) is 0 Å². The molecule has 1 aliphatic carbocycles. The maximum absolute atomic E-state index is 6.15. The quantitative estimate of drug-likeness (QED) is 0.401. The molecule has 1 aromatic carbocycles. The molecule has 0 aliphatic heterocycles. The van der Waals surface area contributed by atoms with Crippen molar-refractivity contribution in [3.05, 3.63) is 57.5 Å². The zero-order valence-corrected chi connectivity index (χ0v) is 16.1. The molecule has 0 radical (unpaired) electrons. The van der Waals surface area contributed by atoms with Gasteiger partial charge in [0.15, 0.2) is 0 Å². The Kier molecular flexibility index (Phi) is 12.4. The summed E-state index contributed by atoms with van der Waals surface area (Å²) in [6.07, 6.45) is 10.4. The van der Waals surface area contributed by atoms with Crippen molar-refractivity contribution in [2.24, 2.45) is 0 Å². The van der Waals surface area contributed by atoms with Crippen LogP contribution in [-0.4, -0.2) is 12.7 Å². The van der Waals surface area contributed by atoms with Crippen molar-refractivity contribution < 1.29 is 50.0 Å². The predicted octanol–water partition coefficient (Wildman–Crippen LogP) is -1.43. The van der Waals surface area contributed by atoms with Crippen LogP contribution in [0.5, 0.6) is 0 Å². The molecule has 0 bridgehead atoms. The van der Waals surface area contributed by atoms with Gasteiger partial charge in [0.25, 0.3) is 0 Å². The van der Waals surface area contributed by atoms with Gasteiger partial charge >= 0.3 is 134 Å². The van der Waals surface area contributed by atoms with Crippen molar-refractivity contribution in [2.75, 3.05) is 6.61 Å². The second-order valence-electron chi connectivity index (χ2n) is 5.28. The zero-order valence-electron chi connectivity index (χ0n) is 13.0. The van der Waals surface area contributed by atoms with E-state index in [4.69, 9.17) is 4.74 Å². The number of rotatable bonds is 8. The van der Waals surface area contributed by atoms with E-state index in [1.165, 1.54) is 21.4 Å². The number of aryl methyl sites for hydroxylation is 1. The third-order valence-corrected chi connectivity index (χ3v) is 4.44. The smallest absolute Gasteiger partial charge is 1.00 e. The number of allylic oxidation sites excluding steroid dienone is 2. The number of hydrogen-bond donors (Lipinski definition) is 0. The Morgan fingerprint density at radius 1 is 1.18 bits per heavy atom. The van der Waals surface area contributed by atoms with Crippen LogP contribution < -0.4 is 24.8 Å². The van der Waals surface area contributed by atoms with Crippen molar-refractivity contribution in [3.63, 3.8) is 0 Å². The summed E-state index contributed by atoms with van der Waals surface area (Å²) in [5, 5.41) is 0. The normalized spacial score (nSPS) is 14.5. The van der Waals surface area contributed by atoms with Crippen LogP contribution in [0.2, 0.25) is 0 Å².